The van der Waals surface area contributed by atoms with E-state index in [4.69, 9.17) is 4.42 Å². The molecule has 0 radical (unpaired) electrons. The second kappa shape index (κ2) is 4.82. The summed E-state index contributed by atoms with van der Waals surface area (Å²) in [5.74, 6) is 1.13. The largest absolute Gasteiger partial charge is 0.453 e. The molecule has 0 aliphatic heterocycles. The average molecular weight is 326 g/mol. The molecule has 2 rings (SSSR count). The highest BCUT2D eigenvalue weighted by Gasteiger charge is 2.08. The summed E-state index contributed by atoms with van der Waals surface area (Å²) >= 11 is 2.29. The van der Waals surface area contributed by atoms with Gasteiger partial charge in [-0.25, -0.2) is 0 Å². The van der Waals surface area contributed by atoms with E-state index in [1.54, 1.807) is 6.07 Å². The number of aryl methyl sites for hydroxylation is 1. The normalized spacial score (nSPS) is 10.4. The molecule has 0 atom stereocenters. The van der Waals surface area contributed by atoms with Crippen molar-refractivity contribution < 1.29 is 9.21 Å². The minimum Gasteiger partial charge on any atom is -0.453 e. The first kappa shape index (κ1) is 11.4. The molecule has 0 unspecified atom stereocenters. The van der Waals surface area contributed by atoms with Crippen molar-refractivity contribution in [2.24, 2.45) is 0 Å². The number of carbonyl (C=O) groups is 1. The third-order valence-electron chi connectivity index (χ3n) is 2.46. The number of benzene rings is 1. The van der Waals surface area contributed by atoms with E-state index in [9.17, 15) is 4.79 Å². The fourth-order valence-electron chi connectivity index (χ4n) is 1.66. The Labute approximate surface area is 108 Å². The van der Waals surface area contributed by atoms with Gasteiger partial charge in [0.1, 0.15) is 5.76 Å². The summed E-state index contributed by atoms with van der Waals surface area (Å²) in [6.45, 7) is 2.11. The van der Waals surface area contributed by atoms with Gasteiger partial charge in [-0.1, -0.05) is 6.92 Å². The van der Waals surface area contributed by atoms with Crippen LogP contribution in [0.5, 0.6) is 0 Å². The van der Waals surface area contributed by atoms with Crippen LogP contribution in [-0.4, -0.2) is 6.29 Å². The van der Waals surface area contributed by atoms with E-state index in [1.165, 1.54) is 9.13 Å². The van der Waals surface area contributed by atoms with E-state index >= 15 is 0 Å². The summed E-state index contributed by atoms with van der Waals surface area (Å²) in [4.78, 5) is 10.6. The van der Waals surface area contributed by atoms with Gasteiger partial charge in [0, 0.05) is 9.13 Å². The fourth-order valence-corrected chi connectivity index (χ4v) is 2.21. The Morgan fingerprint density at radius 3 is 2.75 bits per heavy atom. The van der Waals surface area contributed by atoms with Gasteiger partial charge < -0.3 is 4.42 Å². The summed E-state index contributed by atoms with van der Waals surface area (Å²) in [7, 11) is 0. The predicted octanol–water partition coefficient (Wildman–Crippen LogP) is 3.93. The molecule has 0 bridgehead atoms. The first-order chi connectivity index (χ1) is 7.74. The van der Waals surface area contributed by atoms with E-state index in [-0.39, 0.29) is 0 Å². The maximum Gasteiger partial charge on any atom is 0.185 e. The molecule has 1 aromatic heterocycles. The molecule has 0 spiro atoms. The van der Waals surface area contributed by atoms with Crippen molar-refractivity contribution in [3.05, 3.63) is 45.2 Å². The van der Waals surface area contributed by atoms with Gasteiger partial charge in [0.2, 0.25) is 0 Å². The molecular weight excluding hydrogens is 315 g/mol. The standard InChI is InChI=1S/C13H11IO2/c1-2-9-7-10(14)3-5-12(9)13-6-4-11(8-15)16-13/h3-8H,2H2,1H3. The van der Waals surface area contributed by atoms with Gasteiger partial charge >= 0.3 is 0 Å². The van der Waals surface area contributed by atoms with Crippen LogP contribution in [0.4, 0.5) is 0 Å². The first-order valence-electron chi connectivity index (χ1n) is 5.08. The van der Waals surface area contributed by atoms with Crippen molar-refractivity contribution in [1.29, 1.82) is 0 Å². The van der Waals surface area contributed by atoms with Crippen LogP contribution >= 0.6 is 22.6 Å². The number of rotatable bonds is 3. The van der Waals surface area contributed by atoms with Crippen molar-refractivity contribution in [3.63, 3.8) is 0 Å². The molecular formula is C13H11IO2. The monoisotopic (exact) mass is 326 g/mol. The lowest BCUT2D eigenvalue weighted by Crippen LogP contribution is -1.87. The molecule has 1 heterocycles. The Kier molecular flexibility index (Phi) is 3.43. The third kappa shape index (κ3) is 2.19. The minimum absolute atomic E-state index is 0.371. The van der Waals surface area contributed by atoms with Crippen LogP contribution in [-0.2, 0) is 6.42 Å². The summed E-state index contributed by atoms with van der Waals surface area (Å²) in [5, 5.41) is 0. The van der Waals surface area contributed by atoms with E-state index in [0.717, 1.165) is 24.0 Å². The molecule has 0 saturated heterocycles. The Balaban J connectivity index is 2.50. The lowest BCUT2D eigenvalue weighted by atomic mass is 10.0. The van der Waals surface area contributed by atoms with Crippen molar-refractivity contribution in [2.75, 3.05) is 0 Å². The van der Waals surface area contributed by atoms with Gasteiger partial charge in [0.25, 0.3) is 0 Å². The topological polar surface area (TPSA) is 30.2 Å². The van der Waals surface area contributed by atoms with E-state index < -0.39 is 0 Å². The molecule has 0 N–H and O–H groups in total. The van der Waals surface area contributed by atoms with Crippen LogP contribution in [0.15, 0.2) is 34.7 Å². The molecule has 0 aliphatic rings. The molecule has 0 saturated carbocycles. The van der Waals surface area contributed by atoms with Crippen LogP contribution in [0, 0.1) is 3.57 Å². The highest BCUT2D eigenvalue weighted by molar-refractivity contribution is 14.1. The van der Waals surface area contributed by atoms with Gasteiger partial charge in [-0.3, -0.25) is 4.79 Å². The van der Waals surface area contributed by atoms with Crippen LogP contribution < -0.4 is 0 Å². The SMILES string of the molecule is CCc1cc(I)ccc1-c1ccc(C=O)o1. The summed E-state index contributed by atoms with van der Waals surface area (Å²) in [6.07, 6.45) is 1.67. The minimum atomic E-state index is 0.371. The van der Waals surface area contributed by atoms with Crippen molar-refractivity contribution >= 4 is 28.9 Å². The zero-order valence-corrected chi connectivity index (χ0v) is 11.0. The van der Waals surface area contributed by atoms with Crippen molar-refractivity contribution in [2.45, 2.75) is 13.3 Å². The molecule has 82 valence electrons. The van der Waals surface area contributed by atoms with Crippen LogP contribution in [0.1, 0.15) is 23.0 Å². The summed E-state index contributed by atoms with van der Waals surface area (Å²) in [6, 6.07) is 9.75. The zero-order valence-electron chi connectivity index (χ0n) is 8.87. The highest BCUT2D eigenvalue weighted by Crippen LogP contribution is 2.27. The predicted molar refractivity (Wildman–Crippen MR) is 71.6 cm³/mol. The second-order valence-corrected chi connectivity index (χ2v) is 4.72. The van der Waals surface area contributed by atoms with E-state index in [2.05, 4.69) is 35.6 Å². The molecule has 3 heteroatoms. The van der Waals surface area contributed by atoms with E-state index in [1.807, 2.05) is 18.2 Å². The Bertz CT molecular complexity index is 514. The number of hydrogen-bond donors (Lipinski definition) is 0. The number of carbonyl (C=O) groups excluding carboxylic acids is 1. The molecule has 0 amide bonds. The van der Waals surface area contributed by atoms with Crippen LogP contribution in [0.3, 0.4) is 0 Å². The Hall–Kier alpha value is -1.10. The maximum absolute atomic E-state index is 10.6. The van der Waals surface area contributed by atoms with Gasteiger partial charge in [0.15, 0.2) is 12.0 Å². The van der Waals surface area contributed by atoms with Crippen molar-refractivity contribution in [3.8, 4) is 11.3 Å². The molecule has 16 heavy (non-hydrogen) atoms. The van der Waals surface area contributed by atoms with Gasteiger partial charge in [-0.05, 0) is 64.9 Å². The maximum atomic E-state index is 10.6. The fraction of sp³-hybridized carbons (Fsp3) is 0.154. The summed E-state index contributed by atoms with van der Waals surface area (Å²) < 4.78 is 6.64. The summed E-state index contributed by atoms with van der Waals surface area (Å²) in [5.41, 5.74) is 2.30. The molecule has 2 nitrogen and oxygen atoms in total. The first-order valence-corrected chi connectivity index (χ1v) is 6.16. The highest BCUT2D eigenvalue weighted by atomic mass is 127. The number of aldehydes is 1. The quantitative estimate of drug-likeness (QED) is 0.632. The lowest BCUT2D eigenvalue weighted by molar-refractivity contribution is 0.110. The van der Waals surface area contributed by atoms with Crippen molar-refractivity contribution in [1.82, 2.24) is 0 Å². The van der Waals surface area contributed by atoms with Gasteiger partial charge in [-0.2, -0.15) is 0 Å². The smallest absolute Gasteiger partial charge is 0.185 e. The van der Waals surface area contributed by atoms with Crippen LogP contribution in [0.25, 0.3) is 11.3 Å². The Morgan fingerprint density at radius 1 is 1.31 bits per heavy atom. The molecule has 0 aliphatic carbocycles. The lowest BCUT2D eigenvalue weighted by Gasteiger charge is -2.05. The van der Waals surface area contributed by atoms with E-state index in [0.29, 0.717) is 5.76 Å². The second-order valence-electron chi connectivity index (χ2n) is 3.47. The van der Waals surface area contributed by atoms with Gasteiger partial charge in [0.05, 0.1) is 0 Å². The van der Waals surface area contributed by atoms with Crippen LogP contribution in [0.2, 0.25) is 0 Å². The zero-order chi connectivity index (χ0) is 11.5. The number of hydrogen-bond acceptors (Lipinski definition) is 2. The Morgan fingerprint density at radius 2 is 2.12 bits per heavy atom. The third-order valence-corrected chi connectivity index (χ3v) is 3.13. The number of furan rings is 1. The van der Waals surface area contributed by atoms with Gasteiger partial charge in [-0.15, -0.1) is 0 Å². The average Bonchev–Trinajstić information content (AvgIpc) is 2.77. The molecule has 1 aromatic carbocycles. The molecule has 2 aromatic rings. The molecule has 0 fully saturated rings. The number of halogens is 1.